The zero-order valence-electron chi connectivity index (χ0n) is 55.8. The van der Waals surface area contributed by atoms with E-state index in [2.05, 4.69) is 43.5 Å². The molecule has 0 rings (SSSR count). The molecule has 0 aromatic rings. The van der Waals surface area contributed by atoms with Crippen LogP contribution in [-0.4, -0.2) is 47.4 Å². The first-order valence-corrected chi connectivity index (χ1v) is 37.6. The fourth-order valence-corrected chi connectivity index (χ4v) is 12.0. The predicted octanol–water partition coefficient (Wildman–Crippen LogP) is 24.5. The molecule has 2 unspecified atom stereocenters. The van der Waals surface area contributed by atoms with E-state index >= 15 is 0 Å². The van der Waals surface area contributed by atoms with Gasteiger partial charge in [0.05, 0.1) is 25.4 Å². The fourth-order valence-electron chi connectivity index (χ4n) is 12.0. The summed E-state index contributed by atoms with van der Waals surface area (Å²) in [5, 5.41) is 23.4. The van der Waals surface area contributed by atoms with Crippen LogP contribution in [0.4, 0.5) is 0 Å². The maximum absolute atomic E-state index is 12.5. The molecule has 0 aliphatic heterocycles. The number of unbranched alkanes of at least 4 members (excludes halogenated alkanes) is 56. The molecule has 0 radical (unpaired) electrons. The van der Waals surface area contributed by atoms with Crippen LogP contribution in [0.3, 0.4) is 0 Å². The average molecular weight is 1160 g/mol. The van der Waals surface area contributed by atoms with Gasteiger partial charge in [-0.2, -0.15) is 0 Å². The van der Waals surface area contributed by atoms with Gasteiger partial charge in [0.1, 0.15) is 0 Å². The van der Waals surface area contributed by atoms with E-state index in [-0.39, 0.29) is 18.5 Å². The van der Waals surface area contributed by atoms with Gasteiger partial charge in [0.15, 0.2) is 0 Å². The van der Waals surface area contributed by atoms with E-state index < -0.39 is 12.1 Å². The van der Waals surface area contributed by atoms with Crippen molar-refractivity contribution in [3.63, 3.8) is 0 Å². The Labute approximate surface area is 513 Å². The van der Waals surface area contributed by atoms with Gasteiger partial charge in [-0.3, -0.25) is 9.59 Å². The molecule has 82 heavy (non-hydrogen) atoms. The smallest absolute Gasteiger partial charge is 0.305 e. The molecule has 0 bridgehead atoms. The first-order chi connectivity index (χ1) is 40.5. The van der Waals surface area contributed by atoms with Crippen LogP contribution in [0.2, 0.25) is 0 Å². The lowest BCUT2D eigenvalue weighted by atomic mass is 10.0. The van der Waals surface area contributed by atoms with Crippen molar-refractivity contribution in [2.45, 2.75) is 437 Å². The Morgan fingerprint density at radius 3 is 0.951 bits per heavy atom. The quantitative estimate of drug-likeness (QED) is 0.0320. The minimum absolute atomic E-state index is 0.00792. The van der Waals surface area contributed by atoms with Crippen molar-refractivity contribution in [2.75, 3.05) is 13.2 Å². The summed E-state index contributed by atoms with van der Waals surface area (Å²) >= 11 is 0. The van der Waals surface area contributed by atoms with Gasteiger partial charge in [-0.1, -0.05) is 378 Å². The van der Waals surface area contributed by atoms with Crippen LogP contribution in [0.15, 0.2) is 24.3 Å². The average Bonchev–Trinajstić information content (AvgIpc) is 3.48. The Hall–Kier alpha value is -1.66. The Morgan fingerprint density at radius 1 is 0.341 bits per heavy atom. The van der Waals surface area contributed by atoms with Crippen LogP contribution in [0.5, 0.6) is 0 Å². The maximum Gasteiger partial charge on any atom is 0.305 e. The van der Waals surface area contributed by atoms with Crippen molar-refractivity contribution in [2.24, 2.45) is 0 Å². The zero-order chi connectivity index (χ0) is 59.2. The molecule has 3 N–H and O–H groups in total. The Balaban J connectivity index is 3.32. The highest BCUT2D eigenvalue weighted by molar-refractivity contribution is 5.76. The summed E-state index contributed by atoms with van der Waals surface area (Å²) < 4.78 is 5.49. The van der Waals surface area contributed by atoms with Crippen molar-refractivity contribution in [3.05, 3.63) is 24.3 Å². The van der Waals surface area contributed by atoms with Crippen molar-refractivity contribution < 1.29 is 24.5 Å². The van der Waals surface area contributed by atoms with Gasteiger partial charge in [-0.15, -0.1) is 0 Å². The molecule has 0 aromatic heterocycles. The summed E-state index contributed by atoms with van der Waals surface area (Å²) in [5.74, 6) is -0.0183. The van der Waals surface area contributed by atoms with E-state index in [1.165, 1.54) is 340 Å². The number of hydrogen-bond donors (Lipinski definition) is 3. The molecule has 1 amide bonds. The number of carbonyl (C=O) groups is 2. The third-order valence-corrected chi connectivity index (χ3v) is 17.8. The number of nitrogens with one attached hydrogen (secondary N) is 1. The summed E-state index contributed by atoms with van der Waals surface area (Å²) in [6, 6.07) is -0.538. The Bertz CT molecular complexity index is 1280. The van der Waals surface area contributed by atoms with Crippen LogP contribution in [-0.2, 0) is 14.3 Å². The van der Waals surface area contributed by atoms with Gasteiger partial charge in [0, 0.05) is 12.8 Å². The van der Waals surface area contributed by atoms with Gasteiger partial charge in [-0.05, 0) is 57.8 Å². The lowest BCUT2D eigenvalue weighted by Crippen LogP contribution is -2.45. The van der Waals surface area contributed by atoms with Gasteiger partial charge in [0.2, 0.25) is 5.91 Å². The number of amides is 1. The number of esters is 1. The third-order valence-electron chi connectivity index (χ3n) is 17.8. The molecule has 0 saturated heterocycles. The van der Waals surface area contributed by atoms with E-state index in [1.54, 1.807) is 0 Å². The van der Waals surface area contributed by atoms with Crippen molar-refractivity contribution in [3.8, 4) is 0 Å². The van der Waals surface area contributed by atoms with Gasteiger partial charge in [0.25, 0.3) is 0 Å². The number of aliphatic hydroxyl groups excluding tert-OH is 2. The number of carbonyl (C=O) groups excluding carboxylic acids is 2. The van der Waals surface area contributed by atoms with Crippen LogP contribution in [0, 0.1) is 0 Å². The highest BCUT2D eigenvalue weighted by Gasteiger charge is 2.20. The second-order valence-electron chi connectivity index (χ2n) is 26.0. The molecule has 0 aromatic carbocycles. The molecule has 0 aliphatic carbocycles. The van der Waals surface area contributed by atoms with Crippen molar-refractivity contribution in [1.82, 2.24) is 5.32 Å². The molecule has 2 atom stereocenters. The predicted molar refractivity (Wildman–Crippen MR) is 361 cm³/mol. The largest absolute Gasteiger partial charge is 0.466 e. The summed E-state index contributed by atoms with van der Waals surface area (Å²) in [6.07, 6.45) is 91.1. The molecular weight excluding hydrogens is 1010 g/mol. The van der Waals surface area contributed by atoms with E-state index in [0.717, 1.165) is 51.4 Å². The zero-order valence-corrected chi connectivity index (χ0v) is 55.8. The van der Waals surface area contributed by atoms with E-state index in [0.29, 0.717) is 25.9 Å². The molecule has 486 valence electrons. The van der Waals surface area contributed by atoms with Crippen molar-refractivity contribution in [1.29, 1.82) is 0 Å². The van der Waals surface area contributed by atoms with Crippen LogP contribution >= 0.6 is 0 Å². The number of allylic oxidation sites excluding steroid dienone is 4. The van der Waals surface area contributed by atoms with E-state index in [9.17, 15) is 19.8 Å². The minimum atomic E-state index is -0.661. The van der Waals surface area contributed by atoms with E-state index in [4.69, 9.17) is 4.74 Å². The first-order valence-electron chi connectivity index (χ1n) is 37.6. The van der Waals surface area contributed by atoms with Gasteiger partial charge in [-0.25, -0.2) is 0 Å². The highest BCUT2D eigenvalue weighted by atomic mass is 16.5. The molecule has 6 heteroatoms. The molecule has 0 saturated carbocycles. The number of aliphatic hydroxyl groups is 2. The lowest BCUT2D eigenvalue weighted by Gasteiger charge is -2.22. The number of rotatable bonds is 71. The van der Waals surface area contributed by atoms with Crippen molar-refractivity contribution >= 4 is 11.9 Å². The van der Waals surface area contributed by atoms with Crippen LogP contribution in [0.25, 0.3) is 0 Å². The normalized spacial score (nSPS) is 12.6. The van der Waals surface area contributed by atoms with Gasteiger partial charge >= 0.3 is 5.97 Å². The highest BCUT2D eigenvalue weighted by Crippen LogP contribution is 2.20. The standard InChI is InChI=1S/C76H147NO5/c1-3-5-7-9-11-13-15-17-19-20-37-41-44-48-52-56-60-64-68-74(79)73(72-78)77-75(80)69-65-61-57-53-49-45-42-38-35-33-31-29-27-25-23-21-22-24-26-28-30-32-34-36-39-43-47-51-55-59-63-67-71-82-76(81)70-66-62-58-54-50-46-40-18-16-14-12-10-8-6-4-2/h12,14,18,40,73-74,78-79H,3-11,13,15-17,19-39,41-72H2,1-2H3,(H,77,80)/b14-12-,40-18-. The third kappa shape index (κ3) is 67.5. The maximum atomic E-state index is 12.5. The Morgan fingerprint density at radius 2 is 0.610 bits per heavy atom. The number of ether oxygens (including phenoxy) is 1. The molecule has 0 fully saturated rings. The molecule has 6 nitrogen and oxygen atoms in total. The van der Waals surface area contributed by atoms with Crippen LogP contribution in [0.1, 0.15) is 425 Å². The second-order valence-corrected chi connectivity index (χ2v) is 26.0. The first kappa shape index (κ1) is 80.3. The second kappa shape index (κ2) is 71.8. The lowest BCUT2D eigenvalue weighted by molar-refractivity contribution is -0.143. The summed E-state index contributed by atoms with van der Waals surface area (Å²) in [6.45, 7) is 4.97. The minimum Gasteiger partial charge on any atom is -0.466 e. The Kier molecular flexibility index (Phi) is 70.4. The monoisotopic (exact) mass is 1150 g/mol. The van der Waals surface area contributed by atoms with Crippen LogP contribution < -0.4 is 5.32 Å². The molecular formula is C76H147NO5. The SMILES string of the molecule is CCCCC/C=C\C/C=C\CCCCCCCC(=O)OCCCCCCCCCCCCCCCCCCCCCCCCCCCCCCCCCCC(=O)NC(CO)C(O)CCCCCCCCCCCCCCCCCCCC. The summed E-state index contributed by atoms with van der Waals surface area (Å²) in [5.41, 5.74) is 0. The van der Waals surface area contributed by atoms with E-state index in [1.807, 2.05) is 0 Å². The molecule has 0 heterocycles. The summed E-state index contributed by atoms with van der Waals surface area (Å²) in [7, 11) is 0. The number of hydrogen-bond acceptors (Lipinski definition) is 5. The molecule has 0 spiro atoms. The molecule has 0 aliphatic rings. The fraction of sp³-hybridized carbons (Fsp3) is 0.921. The summed E-state index contributed by atoms with van der Waals surface area (Å²) in [4.78, 5) is 24.6. The van der Waals surface area contributed by atoms with Gasteiger partial charge < -0.3 is 20.3 Å². The topological polar surface area (TPSA) is 95.9 Å².